The molecular formula is C15H30N2O. The summed E-state index contributed by atoms with van der Waals surface area (Å²) in [5.74, 6) is 0.338. The van der Waals surface area contributed by atoms with Crippen LogP contribution in [-0.4, -0.2) is 29.4 Å². The van der Waals surface area contributed by atoms with Gasteiger partial charge in [0.1, 0.15) is 0 Å². The van der Waals surface area contributed by atoms with Crippen molar-refractivity contribution in [2.75, 3.05) is 6.54 Å². The van der Waals surface area contributed by atoms with Crippen molar-refractivity contribution in [3.63, 3.8) is 0 Å². The number of nitrogens with zero attached hydrogens (tertiary/aromatic N) is 1. The predicted molar refractivity (Wildman–Crippen MR) is 76.4 cm³/mol. The fourth-order valence-corrected chi connectivity index (χ4v) is 2.78. The van der Waals surface area contributed by atoms with Crippen molar-refractivity contribution >= 4 is 5.91 Å². The van der Waals surface area contributed by atoms with Crippen molar-refractivity contribution < 1.29 is 4.79 Å². The van der Waals surface area contributed by atoms with Gasteiger partial charge in [0, 0.05) is 25.0 Å². The van der Waals surface area contributed by atoms with E-state index in [1.165, 1.54) is 32.1 Å². The lowest BCUT2D eigenvalue weighted by Crippen LogP contribution is -2.48. The third-order valence-electron chi connectivity index (χ3n) is 3.98. The van der Waals surface area contributed by atoms with Crippen LogP contribution in [-0.2, 0) is 4.79 Å². The topological polar surface area (TPSA) is 46.3 Å². The summed E-state index contributed by atoms with van der Waals surface area (Å²) in [5.41, 5.74) is 5.92. The second-order valence-electron chi connectivity index (χ2n) is 5.74. The van der Waals surface area contributed by atoms with E-state index in [1.807, 2.05) is 4.90 Å². The minimum atomic E-state index is 0.290. The molecule has 2 N–H and O–H groups in total. The van der Waals surface area contributed by atoms with E-state index in [0.29, 0.717) is 11.9 Å². The molecule has 0 bridgehead atoms. The van der Waals surface area contributed by atoms with Crippen molar-refractivity contribution in [2.24, 2.45) is 5.73 Å². The molecule has 3 nitrogen and oxygen atoms in total. The van der Waals surface area contributed by atoms with Crippen LogP contribution in [0.1, 0.15) is 71.6 Å². The Morgan fingerprint density at radius 3 is 2.56 bits per heavy atom. The number of carbonyl (C=O) groups excluding carboxylic acids is 1. The van der Waals surface area contributed by atoms with Crippen molar-refractivity contribution in [1.82, 2.24) is 4.90 Å². The molecule has 3 heteroatoms. The van der Waals surface area contributed by atoms with Gasteiger partial charge >= 0.3 is 0 Å². The fourth-order valence-electron chi connectivity index (χ4n) is 2.78. The fraction of sp³-hybridized carbons (Fsp3) is 0.933. The highest BCUT2D eigenvalue weighted by Crippen LogP contribution is 2.18. The van der Waals surface area contributed by atoms with Crippen LogP contribution in [0.25, 0.3) is 0 Å². The predicted octanol–water partition coefficient (Wildman–Crippen LogP) is 3.08. The lowest BCUT2D eigenvalue weighted by molar-refractivity contribution is -0.134. The van der Waals surface area contributed by atoms with E-state index in [1.54, 1.807) is 0 Å². The Morgan fingerprint density at radius 1 is 1.22 bits per heavy atom. The van der Waals surface area contributed by atoms with Crippen LogP contribution in [0, 0.1) is 0 Å². The van der Waals surface area contributed by atoms with Gasteiger partial charge in [-0.25, -0.2) is 0 Å². The van der Waals surface area contributed by atoms with Crippen LogP contribution >= 0.6 is 0 Å². The van der Waals surface area contributed by atoms with Crippen LogP contribution < -0.4 is 5.73 Å². The molecule has 1 fully saturated rings. The van der Waals surface area contributed by atoms with E-state index < -0.39 is 0 Å². The molecule has 0 spiro atoms. The highest BCUT2D eigenvalue weighted by Gasteiger charge is 2.26. The molecule has 1 amide bonds. The summed E-state index contributed by atoms with van der Waals surface area (Å²) in [4.78, 5) is 14.1. The highest BCUT2D eigenvalue weighted by molar-refractivity contribution is 5.76. The van der Waals surface area contributed by atoms with Gasteiger partial charge < -0.3 is 10.6 Å². The molecule has 0 aromatic rings. The van der Waals surface area contributed by atoms with E-state index in [4.69, 9.17) is 5.73 Å². The molecule has 1 saturated heterocycles. The second kappa shape index (κ2) is 8.52. The number of hydrogen-bond acceptors (Lipinski definition) is 2. The molecule has 1 aliphatic rings. The summed E-state index contributed by atoms with van der Waals surface area (Å²) in [5, 5.41) is 0. The highest BCUT2D eigenvalue weighted by atomic mass is 16.2. The van der Waals surface area contributed by atoms with E-state index in [0.717, 1.165) is 32.2 Å². The first kappa shape index (κ1) is 15.5. The van der Waals surface area contributed by atoms with Crippen molar-refractivity contribution in [3.05, 3.63) is 0 Å². The molecule has 1 aliphatic heterocycles. The maximum Gasteiger partial charge on any atom is 0.222 e. The zero-order chi connectivity index (χ0) is 13.4. The Bertz CT molecular complexity index is 243. The van der Waals surface area contributed by atoms with Gasteiger partial charge in [0.15, 0.2) is 0 Å². The zero-order valence-electron chi connectivity index (χ0n) is 12.2. The Hall–Kier alpha value is -0.570. The number of unbranched alkanes of at least 4 members (excludes halogenated alkanes) is 5. The Balaban J connectivity index is 2.12. The molecule has 0 aromatic heterocycles. The molecule has 0 aromatic carbocycles. The first-order valence-electron chi connectivity index (χ1n) is 7.70. The summed E-state index contributed by atoms with van der Waals surface area (Å²) in [6.07, 6.45) is 10.1. The number of amides is 1. The van der Waals surface area contributed by atoms with Crippen LogP contribution in [0.3, 0.4) is 0 Å². The average Bonchev–Trinajstić information content (AvgIpc) is 2.33. The number of piperidine rings is 1. The van der Waals surface area contributed by atoms with Gasteiger partial charge in [-0.05, 0) is 26.2 Å². The molecule has 106 valence electrons. The van der Waals surface area contributed by atoms with Gasteiger partial charge in [-0.2, -0.15) is 0 Å². The molecule has 2 unspecified atom stereocenters. The summed E-state index contributed by atoms with van der Waals surface area (Å²) >= 11 is 0. The van der Waals surface area contributed by atoms with E-state index >= 15 is 0 Å². The van der Waals surface area contributed by atoms with Crippen LogP contribution in [0.2, 0.25) is 0 Å². The zero-order valence-corrected chi connectivity index (χ0v) is 12.2. The normalized spacial score (nSPS) is 24.3. The summed E-state index contributed by atoms with van der Waals surface area (Å²) in [6, 6.07) is 0.624. The quantitative estimate of drug-likeness (QED) is 0.710. The first-order chi connectivity index (χ1) is 8.65. The van der Waals surface area contributed by atoms with Crippen LogP contribution in [0.4, 0.5) is 0 Å². The maximum atomic E-state index is 12.1. The van der Waals surface area contributed by atoms with Crippen LogP contribution in [0.15, 0.2) is 0 Å². The molecule has 2 atom stereocenters. The lowest BCUT2D eigenvalue weighted by Gasteiger charge is -2.36. The maximum absolute atomic E-state index is 12.1. The third kappa shape index (κ3) is 5.38. The second-order valence-corrected chi connectivity index (χ2v) is 5.74. The molecule has 0 saturated carbocycles. The van der Waals surface area contributed by atoms with Crippen molar-refractivity contribution in [1.29, 1.82) is 0 Å². The van der Waals surface area contributed by atoms with E-state index in [9.17, 15) is 4.79 Å². The Kier molecular flexibility index (Phi) is 7.33. The van der Waals surface area contributed by atoms with E-state index in [2.05, 4.69) is 13.8 Å². The summed E-state index contributed by atoms with van der Waals surface area (Å²) < 4.78 is 0. The van der Waals surface area contributed by atoms with Gasteiger partial charge in [0.05, 0.1) is 0 Å². The Morgan fingerprint density at radius 2 is 1.89 bits per heavy atom. The molecule has 0 aliphatic carbocycles. The lowest BCUT2D eigenvalue weighted by atomic mass is 9.98. The summed E-state index contributed by atoms with van der Waals surface area (Å²) in [6.45, 7) is 5.21. The first-order valence-corrected chi connectivity index (χ1v) is 7.70. The number of hydrogen-bond donors (Lipinski definition) is 1. The van der Waals surface area contributed by atoms with Gasteiger partial charge in [0.2, 0.25) is 5.91 Å². The molecule has 0 radical (unpaired) electrons. The van der Waals surface area contributed by atoms with Gasteiger partial charge in [0.25, 0.3) is 0 Å². The van der Waals surface area contributed by atoms with Gasteiger partial charge in [-0.1, -0.05) is 39.0 Å². The molecule has 1 heterocycles. The molecule has 1 rings (SSSR count). The smallest absolute Gasteiger partial charge is 0.222 e. The SMILES string of the molecule is CCCCCCCCC(=O)N1CCC(N)CC1C. The van der Waals surface area contributed by atoms with Gasteiger partial charge in [-0.15, -0.1) is 0 Å². The number of rotatable bonds is 7. The minimum Gasteiger partial charge on any atom is -0.340 e. The number of carbonyl (C=O) groups is 1. The Labute approximate surface area is 112 Å². The standard InChI is InChI=1S/C15H30N2O/c1-3-4-5-6-7-8-9-15(18)17-11-10-14(16)12-13(17)2/h13-14H,3-12,16H2,1-2H3. The minimum absolute atomic E-state index is 0.290. The van der Waals surface area contributed by atoms with E-state index in [-0.39, 0.29) is 6.04 Å². The average molecular weight is 254 g/mol. The van der Waals surface area contributed by atoms with Crippen molar-refractivity contribution in [2.45, 2.75) is 83.7 Å². The van der Waals surface area contributed by atoms with Gasteiger partial charge in [-0.3, -0.25) is 4.79 Å². The third-order valence-corrected chi connectivity index (χ3v) is 3.98. The summed E-state index contributed by atoms with van der Waals surface area (Å²) in [7, 11) is 0. The van der Waals surface area contributed by atoms with Crippen LogP contribution in [0.5, 0.6) is 0 Å². The van der Waals surface area contributed by atoms with Crippen molar-refractivity contribution in [3.8, 4) is 0 Å². The number of nitrogens with two attached hydrogens (primary N) is 1. The monoisotopic (exact) mass is 254 g/mol. The largest absolute Gasteiger partial charge is 0.340 e. The molecule has 18 heavy (non-hydrogen) atoms. The molecular weight excluding hydrogens is 224 g/mol. The number of likely N-dealkylation sites (tertiary alicyclic amines) is 1.